The lowest BCUT2D eigenvalue weighted by molar-refractivity contribution is -0.116. The van der Waals surface area contributed by atoms with Crippen molar-refractivity contribution in [3.05, 3.63) is 47.7 Å². The Bertz CT molecular complexity index is 1390. The lowest BCUT2D eigenvalue weighted by Crippen LogP contribution is -2.57. The van der Waals surface area contributed by atoms with Crippen molar-refractivity contribution in [2.75, 3.05) is 23.3 Å². The number of nitrogens with one attached hydrogen (secondary N) is 1. The Labute approximate surface area is 226 Å². The van der Waals surface area contributed by atoms with Crippen LogP contribution in [0.15, 0.2) is 30.5 Å². The number of nitrogens with zero attached hydrogens (tertiary/aromatic N) is 5. The fourth-order valence-corrected chi connectivity index (χ4v) is 5.48. The van der Waals surface area contributed by atoms with Crippen LogP contribution in [0.5, 0.6) is 0 Å². The van der Waals surface area contributed by atoms with E-state index in [-0.39, 0.29) is 48.2 Å². The molecule has 2 amide bonds. The van der Waals surface area contributed by atoms with Gasteiger partial charge in [0.2, 0.25) is 5.91 Å². The second-order valence-corrected chi connectivity index (χ2v) is 11.2. The predicted molar refractivity (Wildman–Crippen MR) is 144 cm³/mol. The highest BCUT2D eigenvalue weighted by Gasteiger charge is 2.44. The third-order valence-electron chi connectivity index (χ3n) is 7.28. The van der Waals surface area contributed by atoms with Crippen LogP contribution in [0.1, 0.15) is 52.5 Å². The maximum atomic E-state index is 15.2. The zero-order valence-electron chi connectivity index (χ0n) is 22.7. The molecule has 2 fully saturated rings. The number of fused-ring (bicyclic) bond motifs is 3. The van der Waals surface area contributed by atoms with Gasteiger partial charge in [0.05, 0.1) is 17.8 Å². The van der Waals surface area contributed by atoms with Crippen molar-refractivity contribution in [3.8, 4) is 0 Å². The van der Waals surface area contributed by atoms with Crippen molar-refractivity contribution in [1.29, 1.82) is 0 Å². The Hall–Kier alpha value is -3.76. The number of halogens is 2. The zero-order valence-corrected chi connectivity index (χ0v) is 22.7. The first-order valence-corrected chi connectivity index (χ1v) is 13.4. The SMILES string of the molecule is CCn1ccc2cc(NC(=O)CCc3cc(F)c(N4CC5CCC(C4)N5C(=O)OC(C)(C)C)cc3F)nnc21. The number of carbonyl (C=O) groups excluding carboxylic acids is 2. The fourth-order valence-electron chi connectivity index (χ4n) is 5.48. The maximum absolute atomic E-state index is 15.2. The number of hydrogen-bond donors (Lipinski definition) is 1. The van der Waals surface area contributed by atoms with Crippen LogP contribution in [-0.4, -0.2) is 62.4 Å². The summed E-state index contributed by atoms with van der Waals surface area (Å²) in [6.45, 7) is 9.04. The monoisotopic (exact) mass is 540 g/mol. The van der Waals surface area contributed by atoms with E-state index in [0.29, 0.717) is 18.9 Å². The Morgan fingerprint density at radius 2 is 1.79 bits per heavy atom. The molecular formula is C28H34F2N6O3. The zero-order chi connectivity index (χ0) is 27.9. The van der Waals surface area contributed by atoms with E-state index in [2.05, 4.69) is 15.5 Å². The van der Waals surface area contributed by atoms with E-state index >= 15 is 8.78 Å². The summed E-state index contributed by atoms with van der Waals surface area (Å²) >= 11 is 0. The summed E-state index contributed by atoms with van der Waals surface area (Å²) in [6.07, 6.45) is 3.12. The van der Waals surface area contributed by atoms with E-state index in [1.807, 2.05) is 44.5 Å². The van der Waals surface area contributed by atoms with Crippen molar-refractivity contribution >= 4 is 34.5 Å². The van der Waals surface area contributed by atoms with Gasteiger partial charge in [-0.3, -0.25) is 9.69 Å². The summed E-state index contributed by atoms with van der Waals surface area (Å²) in [5, 5.41) is 11.8. The van der Waals surface area contributed by atoms with Gasteiger partial charge in [0.15, 0.2) is 11.5 Å². The molecule has 2 atom stereocenters. The second kappa shape index (κ2) is 10.4. The van der Waals surface area contributed by atoms with Crippen molar-refractivity contribution < 1.29 is 23.1 Å². The number of anilines is 2. The van der Waals surface area contributed by atoms with E-state index < -0.39 is 17.2 Å². The smallest absolute Gasteiger partial charge is 0.410 e. The predicted octanol–water partition coefficient (Wildman–Crippen LogP) is 4.89. The number of benzene rings is 1. The molecule has 11 heteroatoms. The molecule has 9 nitrogen and oxygen atoms in total. The molecule has 1 aromatic carbocycles. The standard InChI is InChI=1S/C28H34F2N6O3/c1-5-34-11-10-18-13-24(32-33-26(18)34)31-25(37)9-6-17-12-22(30)23(14-21(17)29)35-15-19-7-8-20(16-35)36(19)27(38)39-28(2,3)4/h10-14,19-20H,5-9,15-16H2,1-4H3,(H,31,32,37). The summed E-state index contributed by atoms with van der Waals surface area (Å²) in [7, 11) is 0. The second-order valence-electron chi connectivity index (χ2n) is 11.2. The van der Waals surface area contributed by atoms with E-state index in [1.165, 1.54) is 12.1 Å². The van der Waals surface area contributed by atoms with Crippen LogP contribution in [0, 0.1) is 11.6 Å². The molecule has 3 aromatic rings. The Morgan fingerprint density at radius 3 is 2.46 bits per heavy atom. The summed E-state index contributed by atoms with van der Waals surface area (Å²) < 4.78 is 37.7. The molecule has 0 aliphatic carbocycles. The summed E-state index contributed by atoms with van der Waals surface area (Å²) in [4.78, 5) is 28.8. The van der Waals surface area contributed by atoms with Gasteiger partial charge in [-0.25, -0.2) is 13.6 Å². The first-order valence-electron chi connectivity index (χ1n) is 13.4. The van der Waals surface area contributed by atoms with Gasteiger partial charge in [0, 0.05) is 43.7 Å². The molecule has 2 unspecified atom stereocenters. The molecule has 2 aliphatic heterocycles. The molecule has 2 saturated heterocycles. The first-order chi connectivity index (χ1) is 18.5. The average molecular weight is 541 g/mol. The minimum atomic E-state index is -0.599. The average Bonchev–Trinajstić information content (AvgIpc) is 3.40. The molecule has 2 aliphatic rings. The minimum Gasteiger partial charge on any atom is -0.444 e. The third-order valence-corrected chi connectivity index (χ3v) is 7.28. The van der Waals surface area contributed by atoms with Crippen molar-refractivity contribution in [2.45, 2.75) is 77.6 Å². The van der Waals surface area contributed by atoms with Crippen molar-refractivity contribution in [2.24, 2.45) is 0 Å². The number of hydrogen-bond acceptors (Lipinski definition) is 6. The van der Waals surface area contributed by atoms with Crippen LogP contribution in [0.4, 0.5) is 25.1 Å². The van der Waals surface area contributed by atoms with Crippen LogP contribution in [0.3, 0.4) is 0 Å². The Kier molecular flexibility index (Phi) is 7.17. The normalized spacial score (nSPS) is 19.0. The number of rotatable bonds is 6. The van der Waals surface area contributed by atoms with Gasteiger partial charge in [-0.15, -0.1) is 10.2 Å². The van der Waals surface area contributed by atoms with Crippen LogP contribution in [-0.2, 0) is 22.5 Å². The van der Waals surface area contributed by atoms with Crippen molar-refractivity contribution in [1.82, 2.24) is 19.7 Å². The van der Waals surface area contributed by atoms with E-state index in [1.54, 1.807) is 15.9 Å². The third kappa shape index (κ3) is 5.67. The molecular weight excluding hydrogens is 506 g/mol. The van der Waals surface area contributed by atoms with Gasteiger partial charge in [-0.05, 0) is 70.7 Å². The lowest BCUT2D eigenvalue weighted by Gasteiger charge is -2.42. The molecule has 0 saturated carbocycles. The number of piperazine rings is 1. The molecule has 0 spiro atoms. The highest BCUT2D eigenvalue weighted by atomic mass is 19.1. The summed E-state index contributed by atoms with van der Waals surface area (Å²) in [6, 6.07) is 5.75. The topological polar surface area (TPSA) is 92.6 Å². The van der Waals surface area contributed by atoms with Crippen LogP contribution < -0.4 is 10.2 Å². The van der Waals surface area contributed by atoms with Gasteiger partial charge in [-0.2, -0.15) is 0 Å². The van der Waals surface area contributed by atoms with Gasteiger partial charge in [0.1, 0.15) is 17.2 Å². The maximum Gasteiger partial charge on any atom is 0.410 e. The van der Waals surface area contributed by atoms with Gasteiger partial charge >= 0.3 is 6.09 Å². The number of carbonyl (C=O) groups is 2. The minimum absolute atomic E-state index is 0.0361. The van der Waals surface area contributed by atoms with Crippen LogP contribution >= 0.6 is 0 Å². The number of ether oxygens (including phenoxy) is 1. The highest BCUT2D eigenvalue weighted by Crippen LogP contribution is 2.35. The Morgan fingerprint density at radius 1 is 1.08 bits per heavy atom. The van der Waals surface area contributed by atoms with E-state index in [9.17, 15) is 9.59 Å². The van der Waals surface area contributed by atoms with Crippen molar-refractivity contribution in [3.63, 3.8) is 0 Å². The van der Waals surface area contributed by atoms with E-state index in [4.69, 9.17) is 4.74 Å². The lowest BCUT2D eigenvalue weighted by atomic mass is 10.1. The molecule has 2 bridgehead atoms. The molecule has 208 valence electrons. The molecule has 5 rings (SSSR count). The number of aromatic nitrogens is 3. The molecule has 39 heavy (non-hydrogen) atoms. The molecule has 0 radical (unpaired) electrons. The summed E-state index contributed by atoms with van der Waals surface area (Å²) in [5.74, 6) is -1.17. The van der Waals surface area contributed by atoms with Gasteiger partial charge < -0.3 is 19.5 Å². The summed E-state index contributed by atoms with van der Waals surface area (Å²) in [5.41, 5.74) is 0.428. The number of amides is 2. The first kappa shape index (κ1) is 26.8. The number of aryl methyl sites for hydroxylation is 2. The van der Waals surface area contributed by atoms with Crippen LogP contribution in [0.2, 0.25) is 0 Å². The van der Waals surface area contributed by atoms with Crippen LogP contribution in [0.25, 0.3) is 11.0 Å². The fraction of sp³-hybridized carbons (Fsp3) is 0.500. The van der Waals surface area contributed by atoms with E-state index in [0.717, 1.165) is 30.4 Å². The van der Waals surface area contributed by atoms with Gasteiger partial charge in [-0.1, -0.05) is 0 Å². The van der Waals surface area contributed by atoms with Gasteiger partial charge in [0.25, 0.3) is 0 Å². The molecule has 1 N–H and O–H groups in total. The molecule has 4 heterocycles. The Balaban J connectivity index is 1.21. The molecule has 2 aromatic heterocycles. The quantitative estimate of drug-likeness (QED) is 0.479. The largest absolute Gasteiger partial charge is 0.444 e. The highest BCUT2D eigenvalue weighted by molar-refractivity contribution is 5.91.